The Bertz CT molecular complexity index is 800. The summed E-state index contributed by atoms with van der Waals surface area (Å²) in [5, 5.41) is 13.2. The second kappa shape index (κ2) is 9.02. The molecule has 1 aromatic heterocycles. The molecule has 1 heterocycles. The van der Waals surface area contributed by atoms with Crippen LogP contribution in [-0.2, 0) is 20.9 Å². The van der Waals surface area contributed by atoms with Crippen molar-refractivity contribution in [3.05, 3.63) is 36.2 Å². The van der Waals surface area contributed by atoms with Gasteiger partial charge in [0.25, 0.3) is 0 Å². The van der Waals surface area contributed by atoms with E-state index in [1.807, 2.05) is 0 Å². The zero-order chi connectivity index (χ0) is 19.1. The van der Waals surface area contributed by atoms with Crippen LogP contribution >= 0.6 is 0 Å². The van der Waals surface area contributed by atoms with E-state index in [9.17, 15) is 14.4 Å². The Morgan fingerprint density at radius 1 is 1.15 bits per heavy atom. The van der Waals surface area contributed by atoms with E-state index in [0.29, 0.717) is 5.69 Å². The fourth-order valence-corrected chi connectivity index (χ4v) is 3.12. The number of aromatic nitrogens is 4. The molecule has 1 saturated carbocycles. The molecule has 9 nitrogen and oxygen atoms in total. The van der Waals surface area contributed by atoms with Gasteiger partial charge in [-0.2, -0.15) is 0 Å². The molecule has 0 radical (unpaired) electrons. The van der Waals surface area contributed by atoms with Crippen LogP contribution in [0.3, 0.4) is 0 Å². The number of benzene rings is 1. The molecule has 1 amide bonds. The SMILES string of the molecule is O=C(Cn1cnnn1)Nc1ccccc1C(=O)OCC(=O)C1CCCCC1. The Morgan fingerprint density at radius 3 is 2.67 bits per heavy atom. The van der Waals surface area contributed by atoms with Crippen LogP contribution in [0.25, 0.3) is 0 Å². The van der Waals surface area contributed by atoms with Gasteiger partial charge < -0.3 is 10.1 Å². The lowest BCUT2D eigenvalue weighted by atomic mass is 9.86. The number of tetrazole rings is 1. The quantitative estimate of drug-likeness (QED) is 0.735. The van der Waals surface area contributed by atoms with Crippen molar-refractivity contribution in [2.24, 2.45) is 5.92 Å². The van der Waals surface area contributed by atoms with Crippen molar-refractivity contribution >= 4 is 23.3 Å². The first-order valence-electron chi connectivity index (χ1n) is 8.93. The molecular weight excluding hydrogens is 350 g/mol. The van der Waals surface area contributed by atoms with E-state index in [0.717, 1.165) is 32.1 Å². The van der Waals surface area contributed by atoms with Crippen LogP contribution in [0, 0.1) is 5.92 Å². The van der Waals surface area contributed by atoms with Crippen molar-refractivity contribution in [3.63, 3.8) is 0 Å². The number of rotatable bonds is 7. The van der Waals surface area contributed by atoms with E-state index in [2.05, 4.69) is 20.8 Å². The van der Waals surface area contributed by atoms with Crippen LogP contribution < -0.4 is 5.32 Å². The molecule has 142 valence electrons. The summed E-state index contributed by atoms with van der Waals surface area (Å²) in [6.45, 7) is -0.326. The Labute approximate surface area is 156 Å². The Hall–Kier alpha value is -3.10. The predicted molar refractivity (Wildman–Crippen MR) is 94.8 cm³/mol. The van der Waals surface area contributed by atoms with E-state index in [1.165, 1.54) is 11.0 Å². The number of Topliss-reactive ketones (excluding diaryl/α,β-unsaturated/α-hetero) is 1. The Balaban J connectivity index is 1.58. The van der Waals surface area contributed by atoms with Gasteiger partial charge in [0.2, 0.25) is 5.91 Å². The van der Waals surface area contributed by atoms with Crippen molar-refractivity contribution in [2.45, 2.75) is 38.6 Å². The van der Waals surface area contributed by atoms with Gasteiger partial charge in [-0.05, 0) is 35.4 Å². The number of anilines is 1. The van der Waals surface area contributed by atoms with Gasteiger partial charge >= 0.3 is 5.97 Å². The van der Waals surface area contributed by atoms with Crippen LogP contribution in [0.1, 0.15) is 42.5 Å². The minimum absolute atomic E-state index is 0.0159. The van der Waals surface area contributed by atoms with Crippen molar-refractivity contribution in [2.75, 3.05) is 11.9 Å². The summed E-state index contributed by atoms with van der Waals surface area (Å²) < 4.78 is 6.46. The van der Waals surface area contributed by atoms with Gasteiger partial charge in [-0.1, -0.05) is 31.4 Å². The molecule has 3 rings (SSSR count). The molecule has 0 bridgehead atoms. The maximum atomic E-state index is 12.4. The second-order valence-corrected chi connectivity index (χ2v) is 6.48. The normalized spacial score (nSPS) is 14.5. The Morgan fingerprint density at radius 2 is 1.93 bits per heavy atom. The highest BCUT2D eigenvalue weighted by molar-refractivity contribution is 6.01. The number of ketones is 1. The van der Waals surface area contributed by atoms with Crippen LogP contribution in [0.5, 0.6) is 0 Å². The van der Waals surface area contributed by atoms with Crippen molar-refractivity contribution < 1.29 is 19.1 Å². The summed E-state index contributed by atoms with van der Waals surface area (Å²) in [4.78, 5) is 36.7. The zero-order valence-electron chi connectivity index (χ0n) is 14.8. The van der Waals surface area contributed by atoms with Crippen LogP contribution in [0.2, 0.25) is 0 Å². The molecule has 1 fully saturated rings. The number of amides is 1. The van der Waals surface area contributed by atoms with Gasteiger partial charge in [0.05, 0.1) is 11.3 Å². The van der Waals surface area contributed by atoms with E-state index in [1.54, 1.807) is 24.3 Å². The summed E-state index contributed by atoms with van der Waals surface area (Å²) >= 11 is 0. The molecule has 0 spiro atoms. The number of carbonyl (C=O) groups is 3. The maximum absolute atomic E-state index is 12.4. The van der Waals surface area contributed by atoms with Crippen molar-refractivity contribution in [1.29, 1.82) is 0 Å². The minimum atomic E-state index is -0.641. The van der Waals surface area contributed by atoms with E-state index in [4.69, 9.17) is 4.74 Å². The van der Waals surface area contributed by atoms with Gasteiger partial charge in [0.1, 0.15) is 12.9 Å². The molecule has 0 atom stereocenters. The third-order valence-corrected chi connectivity index (χ3v) is 4.52. The second-order valence-electron chi connectivity index (χ2n) is 6.48. The first-order chi connectivity index (χ1) is 13.1. The minimum Gasteiger partial charge on any atom is -0.454 e. The largest absolute Gasteiger partial charge is 0.454 e. The van der Waals surface area contributed by atoms with Gasteiger partial charge in [-0.15, -0.1) is 5.10 Å². The van der Waals surface area contributed by atoms with E-state index >= 15 is 0 Å². The average molecular weight is 371 g/mol. The molecule has 1 aromatic carbocycles. The lowest BCUT2D eigenvalue weighted by Crippen LogP contribution is -2.25. The number of carbonyl (C=O) groups excluding carboxylic acids is 3. The number of nitrogens with zero attached hydrogens (tertiary/aromatic N) is 4. The van der Waals surface area contributed by atoms with Gasteiger partial charge in [0.15, 0.2) is 12.4 Å². The van der Waals surface area contributed by atoms with Crippen molar-refractivity contribution in [3.8, 4) is 0 Å². The number of ether oxygens (including phenoxy) is 1. The molecule has 2 aromatic rings. The predicted octanol–water partition coefficient (Wildman–Crippen LogP) is 1.62. The molecule has 1 aliphatic rings. The molecule has 27 heavy (non-hydrogen) atoms. The summed E-state index contributed by atoms with van der Waals surface area (Å²) in [6.07, 6.45) is 6.28. The highest BCUT2D eigenvalue weighted by Crippen LogP contribution is 2.24. The number of hydrogen-bond acceptors (Lipinski definition) is 7. The zero-order valence-corrected chi connectivity index (χ0v) is 14.8. The lowest BCUT2D eigenvalue weighted by molar-refractivity contribution is -0.127. The highest BCUT2D eigenvalue weighted by atomic mass is 16.5. The highest BCUT2D eigenvalue weighted by Gasteiger charge is 2.23. The molecule has 0 aliphatic heterocycles. The fourth-order valence-electron chi connectivity index (χ4n) is 3.12. The van der Waals surface area contributed by atoms with E-state index in [-0.39, 0.29) is 36.3 Å². The summed E-state index contributed by atoms with van der Waals surface area (Å²) in [5.41, 5.74) is 0.504. The van der Waals surface area contributed by atoms with E-state index < -0.39 is 5.97 Å². The number of esters is 1. The standard InChI is InChI=1S/C18H21N5O4/c24-16(13-6-2-1-3-7-13)11-27-18(26)14-8-4-5-9-15(14)20-17(25)10-23-12-19-21-22-23/h4-5,8-9,12-13H,1-3,6-7,10-11H2,(H,20,25). The van der Waals surface area contributed by atoms with Crippen molar-refractivity contribution in [1.82, 2.24) is 20.2 Å². The molecule has 9 heteroatoms. The monoisotopic (exact) mass is 371 g/mol. The molecular formula is C18H21N5O4. The van der Waals surface area contributed by atoms with Crippen LogP contribution in [0.15, 0.2) is 30.6 Å². The summed E-state index contributed by atoms with van der Waals surface area (Å²) in [7, 11) is 0. The molecule has 0 unspecified atom stereocenters. The first kappa shape index (κ1) is 18.7. The molecule has 1 N–H and O–H groups in total. The smallest absolute Gasteiger partial charge is 0.340 e. The molecule has 1 aliphatic carbocycles. The number of nitrogens with one attached hydrogen (secondary N) is 1. The average Bonchev–Trinajstić information content (AvgIpc) is 3.19. The summed E-state index contributed by atoms with van der Waals surface area (Å²) in [5.74, 6) is -1.08. The number of hydrogen-bond donors (Lipinski definition) is 1. The topological polar surface area (TPSA) is 116 Å². The fraction of sp³-hybridized carbons (Fsp3) is 0.444. The van der Waals surface area contributed by atoms with Crippen LogP contribution in [0.4, 0.5) is 5.69 Å². The van der Waals surface area contributed by atoms with Gasteiger partial charge in [0, 0.05) is 5.92 Å². The first-order valence-corrected chi connectivity index (χ1v) is 8.93. The van der Waals surface area contributed by atoms with Crippen LogP contribution in [-0.4, -0.2) is 44.5 Å². The number of para-hydroxylation sites is 1. The van der Waals surface area contributed by atoms with Gasteiger partial charge in [-0.25, -0.2) is 9.48 Å². The summed E-state index contributed by atoms with van der Waals surface area (Å²) in [6, 6.07) is 6.49. The Kier molecular flexibility index (Phi) is 6.24. The lowest BCUT2D eigenvalue weighted by Gasteiger charge is -2.20. The third kappa shape index (κ3) is 5.19. The maximum Gasteiger partial charge on any atom is 0.340 e. The van der Waals surface area contributed by atoms with Gasteiger partial charge in [-0.3, -0.25) is 9.59 Å². The third-order valence-electron chi connectivity index (χ3n) is 4.52. The molecule has 0 saturated heterocycles.